The highest BCUT2D eigenvalue weighted by Gasteiger charge is 2.18. The molecule has 1 aromatic heterocycles. The number of nitrogens with one attached hydrogen (secondary N) is 2. The van der Waals surface area contributed by atoms with Crippen molar-refractivity contribution in [3.05, 3.63) is 24.0 Å². The summed E-state index contributed by atoms with van der Waals surface area (Å²) in [7, 11) is 0. The van der Waals surface area contributed by atoms with Crippen molar-refractivity contribution in [2.24, 2.45) is 0 Å². The quantitative estimate of drug-likeness (QED) is 0.620. The maximum absolute atomic E-state index is 13.6. The molecule has 0 aliphatic rings. The molecule has 0 atom stereocenters. The molecule has 6 nitrogen and oxygen atoms in total. The number of nitrogens with zero attached hydrogens (tertiary/aromatic N) is 1. The highest BCUT2D eigenvalue weighted by atomic mass is 19.1. The molecule has 0 fully saturated rings. The number of ether oxygens (including phenoxy) is 1. The molecule has 18 heavy (non-hydrogen) atoms. The van der Waals surface area contributed by atoms with Crippen molar-refractivity contribution in [3.63, 3.8) is 0 Å². The van der Waals surface area contributed by atoms with Crippen LogP contribution in [0.2, 0.25) is 0 Å². The lowest BCUT2D eigenvalue weighted by Crippen LogP contribution is -2.25. The van der Waals surface area contributed by atoms with E-state index in [1.807, 2.05) is 0 Å². The summed E-state index contributed by atoms with van der Waals surface area (Å²) in [6.45, 7) is 1.66. The summed E-state index contributed by atoms with van der Waals surface area (Å²) in [5.41, 5.74) is 0.425. The number of H-pyrrole nitrogens is 1. The number of aromatic nitrogens is 2. The highest BCUT2D eigenvalue weighted by Crippen LogP contribution is 2.23. The molecule has 0 bridgehead atoms. The van der Waals surface area contributed by atoms with Crippen LogP contribution >= 0.6 is 0 Å². The fourth-order valence-corrected chi connectivity index (χ4v) is 1.48. The molecular weight excluding hydrogens is 241 g/mol. The van der Waals surface area contributed by atoms with Crippen molar-refractivity contribution in [1.82, 2.24) is 10.2 Å². The molecule has 94 valence electrons. The standard InChI is InChI=1S/C11H10FN3O3/c1-2-18-11(17)10(16)13-9-8-6(12)4-3-5-7(8)14-15-9/h3-5H,2H2,1H3,(H2,13,14,15,16). The van der Waals surface area contributed by atoms with Gasteiger partial charge in [0.15, 0.2) is 5.82 Å². The van der Waals surface area contributed by atoms with Gasteiger partial charge in [0.2, 0.25) is 0 Å². The third-order valence-electron chi connectivity index (χ3n) is 2.23. The van der Waals surface area contributed by atoms with E-state index in [0.717, 1.165) is 0 Å². The number of carbonyl (C=O) groups is 2. The van der Waals surface area contributed by atoms with E-state index in [0.29, 0.717) is 5.52 Å². The molecule has 0 spiro atoms. The van der Waals surface area contributed by atoms with Gasteiger partial charge in [0.05, 0.1) is 17.5 Å². The summed E-state index contributed by atoms with van der Waals surface area (Å²) in [6, 6.07) is 4.34. The van der Waals surface area contributed by atoms with Crippen molar-refractivity contribution < 1.29 is 18.7 Å². The van der Waals surface area contributed by atoms with Crippen LogP contribution in [0.25, 0.3) is 10.9 Å². The van der Waals surface area contributed by atoms with Gasteiger partial charge in [-0.15, -0.1) is 0 Å². The zero-order chi connectivity index (χ0) is 13.1. The van der Waals surface area contributed by atoms with Crippen molar-refractivity contribution in [3.8, 4) is 0 Å². The number of rotatable bonds is 2. The lowest BCUT2D eigenvalue weighted by atomic mass is 10.2. The average molecular weight is 251 g/mol. The molecule has 1 heterocycles. The topological polar surface area (TPSA) is 84.1 Å². The van der Waals surface area contributed by atoms with Gasteiger partial charge in [-0.05, 0) is 19.1 Å². The summed E-state index contributed by atoms with van der Waals surface area (Å²) in [5, 5.41) is 8.60. The third-order valence-corrected chi connectivity index (χ3v) is 2.23. The second-order valence-electron chi connectivity index (χ2n) is 3.41. The first-order valence-corrected chi connectivity index (χ1v) is 5.24. The molecule has 7 heteroatoms. The molecule has 0 aliphatic heterocycles. The Hall–Kier alpha value is -2.44. The molecule has 2 rings (SSSR count). The molecule has 1 aromatic carbocycles. The number of halogens is 1. The number of fused-ring (bicyclic) bond motifs is 1. The van der Waals surface area contributed by atoms with E-state index in [4.69, 9.17) is 0 Å². The smallest absolute Gasteiger partial charge is 0.397 e. The maximum Gasteiger partial charge on any atom is 0.397 e. The van der Waals surface area contributed by atoms with Crippen LogP contribution in [0.4, 0.5) is 10.2 Å². The monoisotopic (exact) mass is 251 g/mol. The Labute approximate surface area is 101 Å². The fraction of sp³-hybridized carbons (Fsp3) is 0.182. The third kappa shape index (κ3) is 2.15. The Morgan fingerprint density at radius 1 is 1.50 bits per heavy atom. The van der Waals surface area contributed by atoms with Crippen LogP contribution in [-0.2, 0) is 14.3 Å². The minimum Gasteiger partial charge on any atom is -0.459 e. The lowest BCUT2D eigenvalue weighted by molar-refractivity contribution is -0.152. The van der Waals surface area contributed by atoms with E-state index in [-0.39, 0.29) is 17.8 Å². The van der Waals surface area contributed by atoms with Gasteiger partial charge in [-0.3, -0.25) is 15.2 Å². The first kappa shape index (κ1) is 12.0. The molecule has 1 amide bonds. The molecule has 2 N–H and O–H groups in total. The second-order valence-corrected chi connectivity index (χ2v) is 3.41. The van der Waals surface area contributed by atoms with Crippen LogP contribution in [-0.4, -0.2) is 28.7 Å². The number of benzene rings is 1. The van der Waals surface area contributed by atoms with E-state index in [9.17, 15) is 14.0 Å². The zero-order valence-electron chi connectivity index (χ0n) is 9.49. The summed E-state index contributed by atoms with van der Waals surface area (Å²) in [6.07, 6.45) is 0. The maximum atomic E-state index is 13.6. The minimum absolute atomic E-state index is 0.0406. The Balaban J connectivity index is 2.27. The van der Waals surface area contributed by atoms with Crippen LogP contribution in [0.5, 0.6) is 0 Å². The van der Waals surface area contributed by atoms with Crippen LogP contribution < -0.4 is 5.32 Å². The Bertz CT molecular complexity index is 609. The largest absolute Gasteiger partial charge is 0.459 e. The highest BCUT2D eigenvalue weighted by molar-refractivity contribution is 6.37. The summed E-state index contributed by atoms with van der Waals surface area (Å²) in [5.74, 6) is -2.61. The van der Waals surface area contributed by atoms with Crippen LogP contribution in [0.15, 0.2) is 18.2 Å². The number of aromatic amines is 1. The van der Waals surface area contributed by atoms with Crippen LogP contribution in [0.1, 0.15) is 6.92 Å². The molecule has 0 radical (unpaired) electrons. The van der Waals surface area contributed by atoms with E-state index in [2.05, 4.69) is 20.3 Å². The number of anilines is 1. The van der Waals surface area contributed by atoms with E-state index < -0.39 is 17.7 Å². The van der Waals surface area contributed by atoms with Crippen molar-refractivity contribution in [2.75, 3.05) is 11.9 Å². The SMILES string of the molecule is CCOC(=O)C(=O)Nc1n[nH]c2cccc(F)c12. The minimum atomic E-state index is -1.04. The zero-order valence-corrected chi connectivity index (χ0v) is 9.49. The summed E-state index contributed by atoms with van der Waals surface area (Å²) < 4.78 is 18.1. The predicted octanol–water partition coefficient (Wildman–Crippen LogP) is 1.20. The van der Waals surface area contributed by atoms with Gasteiger partial charge in [-0.1, -0.05) is 6.07 Å². The number of carbonyl (C=O) groups excluding carboxylic acids is 2. The molecule has 0 aliphatic carbocycles. The Kier molecular flexibility index (Phi) is 3.22. The fourth-order valence-electron chi connectivity index (χ4n) is 1.48. The van der Waals surface area contributed by atoms with E-state index in [1.54, 1.807) is 13.0 Å². The number of hydrogen-bond acceptors (Lipinski definition) is 4. The average Bonchev–Trinajstić information content (AvgIpc) is 2.74. The predicted molar refractivity (Wildman–Crippen MR) is 61.3 cm³/mol. The second kappa shape index (κ2) is 4.82. The van der Waals surface area contributed by atoms with Gasteiger partial charge < -0.3 is 4.74 Å². The van der Waals surface area contributed by atoms with Gasteiger partial charge in [0.25, 0.3) is 0 Å². The molecular formula is C11H10FN3O3. The van der Waals surface area contributed by atoms with Gasteiger partial charge in [-0.25, -0.2) is 9.18 Å². The van der Waals surface area contributed by atoms with Gasteiger partial charge in [0, 0.05) is 0 Å². The lowest BCUT2D eigenvalue weighted by Gasteiger charge is -2.02. The first-order chi connectivity index (χ1) is 8.63. The van der Waals surface area contributed by atoms with Crippen LogP contribution in [0.3, 0.4) is 0 Å². The Morgan fingerprint density at radius 3 is 3.00 bits per heavy atom. The van der Waals surface area contributed by atoms with Gasteiger partial charge in [0.1, 0.15) is 5.82 Å². The van der Waals surface area contributed by atoms with Crippen molar-refractivity contribution in [1.29, 1.82) is 0 Å². The number of amides is 1. The molecule has 0 saturated heterocycles. The molecule has 0 saturated carbocycles. The van der Waals surface area contributed by atoms with E-state index in [1.165, 1.54) is 12.1 Å². The Morgan fingerprint density at radius 2 is 2.28 bits per heavy atom. The van der Waals surface area contributed by atoms with Crippen molar-refractivity contribution in [2.45, 2.75) is 6.92 Å². The van der Waals surface area contributed by atoms with E-state index >= 15 is 0 Å². The summed E-state index contributed by atoms with van der Waals surface area (Å²) >= 11 is 0. The molecule has 2 aromatic rings. The van der Waals surface area contributed by atoms with Crippen molar-refractivity contribution >= 4 is 28.6 Å². The molecule has 0 unspecified atom stereocenters. The first-order valence-electron chi connectivity index (χ1n) is 5.24. The van der Waals surface area contributed by atoms with Gasteiger partial charge >= 0.3 is 11.9 Å². The van der Waals surface area contributed by atoms with Gasteiger partial charge in [-0.2, -0.15) is 5.10 Å². The number of hydrogen-bond donors (Lipinski definition) is 2. The number of esters is 1. The normalized spacial score (nSPS) is 10.3. The summed E-state index contributed by atoms with van der Waals surface area (Å²) in [4.78, 5) is 22.5. The van der Waals surface area contributed by atoms with Crippen LogP contribution in [0, 0.1) is 5.82 Å².